The monoisotopic (exact) mass is 570 g/mol. The van der Waals surface area contributed by atoms with Crippen molar-refractivity contribution >= 4 is 57.1 Å². The van der Waals surface area contributed by atoms with Crippen molar-refractivity contribution in [3.05, 3.63) is 86.9 Å². The Morgan fingerprint density at radius 3 is 2.39 bits per heavy atom. The topological polar surface area (TPSA) is 94.2 Å². The number of nitrogens with zero attached hydrogens (tertiary/aromatic N) is 1. The number of carbonyl (C=O) groups excluding carboxylic acids is 3. The van der Waals surface area contributed by atoms with Crippen molar-refractivity contribution in [2.24, 2.45) is 0 Å². The Kier molecular flexibility index (Phi) is 7.61. The van der Waals surface area contributed by atoms with E-state index in [4.69, 9.17) is 25.8 Å². The first-order chi connectivity index (χ1) is 17.3. The van der Waals surface area contributed by atoms with E-state index in [0.29, 0.717) is 38.0 Å². The summed E-state index contributed by atoms with van der Waals surface area (Å²) in [6, 6.07) is 16.1. The van der Waals surface area contributed by atoms with E-state index >= 15 is 0 Å². The fraction of sp³-hybridized carbons (Fsp3) is 0.115. The number of hydrogen-bond donors (Lipinski definition) is 1. The Hall–Kier alpha value is -3.82. The minimum absolute atomic E-state index is 0.203. The zero-order valence-corrected chi connectivity index (χ0v) is 21.6. The molecular weight excluding hydrogens is 552 g/mol. The van der Waals surface area contributed by atoms with Gasteiger partial charge >= 0.3 is 6.03 Å². The minimum Gasteiger partial charge on any atom is -0.497 e. The molecule has 184 valence electrons. The van der Waals surface area contributed by atoms with Gasteiger partial charge < -0.3 is 14.2 Å². The summed E-state index contributed by atoms with van der Waals surface area (Å²) in [6.45, 7) is 0.203. The number of urea groups is 1. The Morgan fingerprint density at radius 2 is 1.72 bits per heavy atom. The molecular formula is C26H20BrClN2O6. The van der Waals surface area contributed by atoms with Gasteiger partial charge in [0.2, 0.25) is 0 Å². The summed E-state index contributed by atoms with van der Waals surface area (Å²) in [5.74, 6) is -0.208. The van der Waals surface area contributed by atoms with E-state index in [-0.39, 0.29) is 12.2 Å². The fourth-order valence-electron chi connectivity index (χ4n) is 3.52. The molecule has 0 unspecified atom stereocenters. The lowest BCUT2D eigenvalue weighted by molar-refractivity contribution is -0.122. The number of methoxy groups -OCH3 is 2. The maximum absolute atomic E-state index is 13.2. The quantitative estimate of drug-likeness (QED) is 0.303. The summed E-state index contributed by atoms with van der Waals surface area (Å²) < 4.78 is 17.1. The van der Waals surface area contributed by atoms with Crippen molar-refractivity contribution < 1.29 is 28.6 Å². The largest absolute Gasteiger partial charge is 0.497 e. The van der Waals surface area contributed by atoms with Gasteiger partial charge in [0.25, 0.3) is 11.8 Å². The van der Waals surface area contributed by atoms with Crippen molar-refractivity contribution in [1.29, 1.82) is 0 Å². The van der Waals surface area contributed by atoms with Crippen molar-refractivity contribution in [3.63, 3.8) is 0 Å². The Labute approximate surface area is 220 Å². The smallest absolute Gasteiger partial charge is 0.335 e. The van der Waals surface area contributed by atoms with Crippen LogP contribution in [-0.4, -0.2) is 32.1 Å². The molecule has 0 radical (unpaired) electrons. The van der Waals surface area contributed by atoms with Crippen molar-refractivity contribution in [1.82, 2.24) is 5.32 Å². The molecule has 0 spiro atoms. The third kappa shape index (κ3) is 5.22. The van der Waals surface area contributed by atoms with Gasteiger partial charge in [-0.3, -0.25) is 14.9 Å². The highest BCUT2D eigenvalue weighted by molar-refractivity contribution is 9.10. The first-order valence-electron chi connectivity index (χ1n) is 10.6. The van der Waals surface area contributed by atoms with Crippen molar-refractivity contribution in [2.45, 2.75) is 6.61 Å². The third-order valence-corrected chi connectivity index (χ3v) is 6.28. The molecule has 4 rings (SSSR count). The lowest BCUT2D eigenvalue weighted by Gasteiger charge is -2.26. The summed E-state index contributed by atoms with van der Waals surface area (Å²) in [6.07, 6.45) is 1.38. The van der Waals surface area contributed by atoms with E-state index in [2.05, 4.69) is 21.2 Å². The number of anilines is 1. The molecule has 1 fully saturated rings. The lowest BCUT2D eigenvalue weighted by Crippen LogP contribution is -2.54. The van der Waals surface area contributed by atoms with Gasteiger partial charge in [-0.25, -0.2) is 9.69 Å². The van der Waals surface area contributed by atoms with Crippen LogP contribution in [0.3, 0.4) is 0 Å². The minimum atomic E-state index is -0.839. The van der Waals surface area contributed by atoms with Crippen LogP contribution in [0, 0.1) is 0 Å². The first-order valence-corrected chi connectivity index (χ1v) is 11.8. The maximum Gasteiger partial charge on any atom is 0.335 e. The second-order valence-electron chi connectivity index (χ2n) is 7.57. The van der Waals surface area contributed by atoms with Gasteiger partial charge in [0, 0.05) is 10.6 Å². The van der Waals surface area contributed by atoms with Crippen molar-refractivity contribution in [3.8, 4) is 17.2 Å². The van der Waals surface area contributed by atoms with E-state index in [1.54, 1.807) is 42.5 Å². The third-order valence-electron chi connectivity index (χ3n) is 5.32. The standard InChI is InChI=1S/C26H20BrClN2O6/c1-34-18-9-7-17(8-10-18)30-25(32)19(24(31)29-26(30)33)11-15-12-20(27)23(22(13-15)35-2)36-14-16-5-3-4-6-21(16)28/h3-13H,14H2,1-2H3,(H,29,31,33)/b19-11-. The molecule has 4 amide bonds. The molecule has 0 saturated carbocycles. The molecule has 3 aromatic rings. The van der Waals surface area contributed by atoms with Gasteiger partial charge in [-0.1, -0.05) is 29.8 Å². The van der Waals surface area contributed by atoms with Crippen LogP contribution in [0.5, 0.6) is 17.2 Å². The van der Waals surface area contributed by atoms with Gasteiger partial charge in [0.15, 0.2) is 11.5 Å². The van der Waals surface area contributed by atoms with Gasteiger partial charge in [-0.2, -0.15) is 0 Å². The Morgan fingerprint density at radius 1 is 1.00 bits per heavy atom. The van der Waals surface area contributed by atoms with Gasteiger partial charge in [-0.05, 0) is 70.0 Å². The highest BCUT2D eigenvalue weighted by Gasteiger charge is 2.36. The van der Waals surface area contributed by atoms with Crippen LogP contribution in [0.2, 0.25) is 5.02 Å². The molecule has 0 atom stereocenters. The van der Waals surface area contributed by atoms with E-state index < -0.39 is 17.8 Å². The number of halogens is 2. The molecule has 1 heterocycles. The van der Waals surface area contributed by atoms with E-state index in [1.165, 1.54) is 20.3 Å². The normalized spacial score (nSPS) is 14.6. The molecule has 1 aliphatic rings. The molecule has 1 saturated heterocycles. The Balaban J connectivity index is 1.64. The van der Waals surface area contributed by atoms with Crippen LogP contribution in [0.1, 0.15) is 11.1 Å². The summed E-state index contributed by atoms with van der Waals surface area (Å²) in [5.41, 5.74) is 1.35. The van der Waals surface area contributed by atoms with Crippen LogP contribution < -0.4 is 24.4 Å². The average Bonchev–Trinajstić information content (AvgIpc) is 2.86. The van der Waals surface area contributed by atoms with Gasteiger partial charge in [-0.15, -0.1) is 0 Å². The number of hydrogen-bond acceptors (Lipinski definition) is 6. The summed E-state index contributed by atoms with van der Waals surface area (Å²) in [4.78, 5) is 39.0. The molecule has 0 bridgehead atoms. The summed E-state index contributed by atoms with van der Waals surface area (Å²) in [5, 5.41) is 2.78. The average molecular weight is 572 g/mol. The second-order valence-corrected chi connectivity index (χ2v) is 8.83. The van der Waals surface area contributed by atoms with E-state index in [0.717, 1.165) is 10.5 Å². The molecule has 10 heteroatoms. The number of barbiturate groups is 1. The van der Waals surface area contributed by atoms with E-state index in [9.17, 15) is 14.4 Å². The highest BCUT2D eigenvalue weighted by Crippen LogP contribution is 2.38. The number of imide groups is 2. The number of benzene rings is 3. The molecule has 3 aromatic carbocycles. The number of rotatable bonds is 7. The van der Waals surface area contributed by atoms with E-state index in [1.807, 2.05) is 18.2 Å². The zero-order valence-electron chi connectivity index (χ0n) is 19.2. The van der Waals surface area contributed by atoms with Crippen LogP contribution in [0.25, 0.3) is 6.08 Å². The predicted molar refractivity (Wildman–Crippen MR) is 138 cm³/mol. The summed E-state index contributed by atoms with van der Waals surface area (Å²) in [7, 11) is 2.98. The number of amides is 4. The molecule has 8 nitrogen and oxygen atoms in total. The zero-order chi connectivity index (χ0) is 25.8. The molecule has 0 aromatic heterocycles. The molecule has 0 aliphatic carbocycles. The number of nitrogens with one attached hydrogen (secondary N) is 1. The molecule has 36 heavy (non-hydrogen) atoms. The molecule has 1 N–H and O–H groups in total. The van der Waals surface area contributed by atoms with Gasteiger partial charge in [0.05, 0.1) is 24.4 Å². The maximum atomic E-state index is 13.2. The SMILES string of the molecule is COc1ccc(N2C(=O)NC(=O)/C(=C/c3cc(Br)c(OCc4ccccc4Cl)c(OC)c3)C2=O)cc1. The number of carbonyl (C=O) groups is 3. The van der Waals surface area contributed by atoms with Crippen LogP contribution in [-0.2, 0) is 16.2 Å². The second kappa shape index (κ2) is 10.8. The number of ether oxygens (including phenoxy) is 3. The fourth-order valence-corrected chi connectivity index (χ4v) is 4.28. The van der Waals surface area contributed by atoms with Gasteiger partial charge in [0.1, 0.15) is 17.9 Å². The lowest BCUT2D eigenvalue weighted by atomic mass is 10.1. The van der Waals surface area contributed by atoms with Crippen molar-refractivity contribution in [2.75, 3.05) is 19.1 Å². The van der Waals surface area contributed by atoms with Crippen LogP contribution >= 0.6 is 27.5 Å². The molecule has 1 aliphatic heterocycles. The van der Waals surface area contributed by atoms with Crippen LogP contribution in [0.15, 0.2) is 70.7 Å². The highest BCUT2D eigenvalue weighted by atomic mass is 79.9. The first kappa shape index (κ1) is 25.3. The Bertz CT molecular complexity index is 1370. The predicted octanol–water partition coefficient (Wildman–Crippen LogP) is 5.37. The van der Waals surface area contributed by atoms with Crippen LogP contribution in [0.4, 0.5) is 10.5 Å². The summed E-state index contributed by atoms with van der Waals surface area (Å²) >= 11 is 9.68.